The Morgan fingerprint density at radius 2 is 2.05 bits per heavy atom. The van der Waals surface area contributed by atoms with Crippen molar-refractivity contribution in [1.29, 1.82) is 0 Å². The highest BCUT2D eigenvalue weighted by Gasteiger charge is 2.14. The Labute approximate surface area is 131 Å². The fraction of sp³-hybridized carbons (Fsp3) is 0.389. The van der Waals surface area contributed by atoms with E-state index in [0.29, 0.717) is 12.5 Å². The largest absolute Gasteiger partial charge is 0.483 e. The van der Waals surface area contributed by atoms with Crippen LogP contribution in [0.2, 0.25) is 0 Å². The first kappa shape index (κ1) is 16.1. The third-order valence-electron chi connectivity index (χ3n) is 3.81. The van der Waals surface area contributed by atoms with E-state index in [1.165, 1.54) is 0 Å². The summed E-state index contributed by atoms with van der Waals surface area (Å²) in [5, 5.41) is 0. The number of nitrogens with zero attached hydrogens (tertiary/aromatic N) is 1. The van der Waals surface area contributed by atoms with E-state index in [-0.39, 0.29) is 12.5 Å². The van der Waals surface area contributed by atoms with Crippen LogP contribution < -0.4 is 4.74 Å². The molecule has 0 saturated carbocycles. The predicted octanol–water partition coefficient (Wildman–Crippen LogP) is 3.83. The Balaban J connectivity index is 1.93. The molecule has 0 aliphatic carbocycles. The fourth-order valence-electron chi connectivity index (χ4n) is 2.21. The van der Waals surface area contributed by atoms with Gasteiger partial charge in [0.1, 0.15) is 11.5 Å². The SMILES string of the molecule is CCC(C)c1ccccc1OCC(=O)N(C)Cc1ccco1. The molecule has 0 radical (unpaired) electrons. The first-order valence-electron chi connectivity index (χ1n) is 7.59. The Morgan fingerprint density at radius 3 is 2.73 bits per heavy atom. The highest BCUT2D eigenvalue weighted by atomic mass is 16.5. The maximum atomic E-state index is 12.2. The summed E-state index contributed by atoms with van der Waals surface area (Å²) >= 11 is 0. The second-order valence-electron chi connectivity index (χ2n) is 5.46. The van der Waals surface area contributed by atoms with E-state index in [9.17, 15) is 4.79 Å². The molecule has 0 spiro atoms. The van der Waals surface area contributed by atoms with Crippen LogP contribution in [-0.2, 0) is 11.3 Å². The number of ether oxygens (including phenoxy) is 1. The molecule has 0 fully saturated rings. The van der Waals surface area contributed by atoms with Crippen LogP contribution in [0.3, 0.4) is 0 Å². The number of para-hydroxylation sites is 1. The van der Waals surface area contributed by atoms with Gasteiger partial charge in [-0.25, -0.2) is 0 Å². The van der Waals surface area contributed by atoms with Gasteiger partial charge in [-0.05, 0) is 36.1 Å². The number of amides is 1. The molecule has 4 nitrogen and oxygen atoms in total. The van der Waals surface area contributed by atoms with Gasteiger partial charge in [-0.15, -0.1) is 0 Å². The van der Waals surface area contributed by atoms with Crippen LogP contribution >= 0.6 is 0 Å². The van der Waals surface area contributed by atoms with Gasteiger partial charge in [0.15, 0.2) is 6.61 Å². The molecular formula is C18H23NO3. The van der Waals surface area contributed by atoms with Gasteiger partial charge in [0.25, 0.3) is 5.91 Å². The molecule has 0 aliphatic heterocycles. The van der Waals surface area contributed by atoms with E-state index in [2.05, 4.69) is 19.9 Å². The Hall–Kier alpha value is -2.23. The third kappa shape index (κ3) is 4.13. The number of carbonyl (C=O) groups excluding carboxylic acids is 1. The Bertz CT molecular complexity index is 592. The summed E-state index contributed by atoms with van der Waals surface area (Å²) in [7, 11) is 1.74. The van der Waals surface area contributed by atoms with Gasteiger partial charge in [0, 0.05) is 7.05 Å². The minimum atomic E-state index is -0.0737. The van der Waals surface area contributed by atoms with Crippen LogP contribution in [0.4, 0.5) is 0 Å². The van der Waals surface area contributed by atoms with E-state index in [4.69, 9.17) is 9.15 Å². The van der Waals surface area contributed by atoms with E-state index in [1.54, 1.807) is 18.2 Å². The summed E-state index contributed by atoms with van der Waals surface area (Å²) in [4.78, 5) is 13.8. The van der Waals surface area contributed by atoms with Crippen molar-refractivity contribution in [2.45, 2.75) is 32.7 Å². The average molecular weight is 301 g/mol. The maximum absolute atomic E-state index is 12.2. The van der Waals surface area contributed by atoms with Crippen molar-refractivity contribution in [3.05, 3.63) is 54.0 Å². The molecule has 0 bridgehead atoms. The van der Waals surface area contributed by atoms with E-state index in [1.807, 2.05) is 30.3 Å². The van der Waals surface area contributed by atoms with Crippen molar-refractivity contribution in [3.63, 3.8) is 0 Å². The van der Waals surface area contributed by atoms with Crippen LogP contribution in [0, 0.1) is 0 Å². The number of hydrogen-bond donors (Lipinski definition) is 0. The summed E-state index contributed by atoms with van der Waals surface area (Å²) in [5.74, 6) is 1.88. The second-order valence-corrected chi connectivity index (χ2v) is 5.46. The number of rotatable bonds is 7. The number of likely N-dealkylation sites (N-methyl/N-ethyl adjacent to an activating group) is 1. The van der Waals surface area contributed by atoms with Crippen molar-refractivity contribution in [2.24, 2.45) is 0 Å². The lowest BCUT2D eigenvalue weighted by Crippen LogP contribution is -2.31. The normalized spacial score (nSPS) is 12.0. The lowest BCUT2D eigenvalue weighted by Gasteiger charge is -2.18. The van der Waals surface area contributed by atoms with Crippen LogP contribution in [-0.4, -0.2) is 24.5 Å². The van der Waals surface area contributed by atoms with E-state index < -0.39 is 0 Å². The van der Waals surface area contributed by atoms with Gasteiger partial charge in [-0.3, -0.25) is 4.79 Å². The number of carbonyl (C=O) groups is 1. The molecule has 0 aliphatic rings. The number of benzene rings is 1. The van der Waals surface area contributed by atoms with Crippen LogP contribution in [0.1, 0.15) is 37.5 Å². The zero-order valence-corrected chi connectivity index (χ0v) is 13.4. The Kier molecular flexibility index (Phi) is 5.64. The van der Waals surface area contributed by atoms with Crippen molar-refractivity contribution in [2.75, 3.05) is 13.7 Å². The first-order valence-corrected chi connectivity index (χ1v) is 7.59. The van der Waals surface area contributed by atoms with Crippen molar-refractivity contribution in [3.8, 4) is 5.75 Å². The summed E-state index contributed by atoms with van der Waals surface area (Å²) < 4.78 is 11.0. The molecule has 1 aromatic carbocycles. The standard InChI is InChI=1S/C18H23NO3/c1-4-14(2)16-9-5-6-10-17(16)22-13-18(20)19(3)12-15-8-7-11-21-15/h5-11,14H,4,12-13H2,1-3H3. The van der Waals surface area contributed by atoms with Gasteiger partial charge in [-0.1, -0.05) is 32.0 Å². The zero-order chi connectivity index (χ0) is 15.9. The van der Waals surface area contributed by atoms with Crippen LogP contribution in [0.15, 0.2) is 47.1 Å². The second kappa shape index (κ2) is 7.69. The molecule has 1 aromatic heterocycles. The summed E-state index contributed by atoms with van der Waals surface area (Å²) in [6.45, 7) is 4.78. The van der Waals surface area contributed by atoms with E-state index in [0.717, 1.165) is 23.5 Å². The minimum Gasteiger partial charge on any atom is -0.483 e. The van der Waals surface area contributed by atoms with Crippen LogP contribution in [0.5, 0.6) is 5.75 Å². The smallest absolute Gasteiger partial charge is 0.260 e. The van der Waals surface area contributed by atoms with Crippen molar-refractivity contribution < 1.29 is 13.9 Å². The van der Waals surface area contributed by atoms with Gasteiger partial charge in [0.2, 0.25) is 0 Å². The number of furan rings is 1. The molecule has 1 unspecified atom stereocenters. The van der Waals surface area contributed by atoms with Crippen LogP contribution in [0.25, 0.3) is 0 Å². The number of hydrogen-bond acceptors (Lipinski definition) is 3. The Morgan fingerprint density at radius 1 is 1.27 bits per heavy atom. The highest BCUT2D eigenvalue weighted by Crippen LogP contribution is 2.28. The fourth-order valence-corrected chi connectivity index (χ4v) is 2.21. The summed E-state index contributed by atoms with van der Waals surface area (Å²) in [5.41, 5.74) is 1.14. The lowest BCUT2D eigenvalue weighted by atomic mass is 9.98. The minimum absolute atomic E-state index is 0.0324. The van der Waals surface area contributed by atoms with Crippen molar-refractivity contribution >= 4 is 5.91 Å². The summed E-state index contributed by atoms with van der Waals surface area (Å²) in [6, 6.07) is 11.6. The van der Waals surface area contributed by atoms with Gasteiger partial charge in [0.05, 0.1) is 12.8 Å². The molecule has 2 rings (SSSR count). The molecule has 0 N–H and O–H groups in total. The van der Waals surface area contributed by atoms with Crippen molar-refractivity contribution in [1.82, 2.24) is 4.90 Å². The third-order valence-corrected chi connectivity index (χ3v) is 3.81. The molecule has 1 heterocycles. The summed E-state index contributed by atoms with van der Waals surface area (Å²) in [6.07, 6.45) is 2.64. The molecule has 4 heteroatoms. The molecule has 2 aromatic rings. The molecule has 1 atom stereocenters. The molecule has 22 heavy (non-hydrogen) atoms. The van der Waals surface area contributed by atoms with Gasteiger partial charge < -0.3 is 14.1 Å². The molecular weight excluding hydrogens is 278 g/mol. The molecule has 118 valence electrons. The maximum Gasteiger partial charge on any atom is 0.260 e. The van der Waals surface area contributed by atoms with Gasteiger partial charge in [-0.2, -0.15) is 0 Å². The van der Waals surface area contributed by atoms with E-state index >= 15 is 0 Å². The topological polar surface area (TPSA) is 42.7 Å². The lowest BCUT2D eigenvalue weighted by molar-refractivity contribution is -0.132. The predicted molar refractivity (Wildman–Crippen MR) is 85.8 cm³/mol. The highest BCUT2D eigenvalue weighted by molar-refractivity contribution is 5.77. The molecule has 0 saturated heterocycles. The zero-order valence-electron chi connectivity index (χ0n) is 13.4. The average Bonchev–Trinajstić information content (AvgIpc) is 3.05. The van der Waals surface area contributed by atoms with Gasteiger partial charge >= 0.3 is 0 Å². The quantitative estimate of drug-likeness (QED) is 0.780. The molecule has 1 amide bonds. The monoisotopic (exact) mass is 301 g/mol. The first-order chi connectivity index (χ1) is 10.6.